The predicted molar refractivity (Wildman–Crippen MR) is 115 cm³/mol. The molecule has 150 valence electrons. The molecule has 0 bridgehead atoms. The van der Waals surface area contributed by atoms with Crippen LogP contribution in [0, 0.1) is 5.82 Å². The molecule has 0 atom stereocenters. The van der Waals surface area contributed by atoms with Gasteiger partial charge >= 0.3 is 0 Å². The van der Waals surface area contributed by atoms with Crippen molar-refractivity contribution in [3.63, 3.8) is 0 Å². The van der Waals surface area contributed by atoms with Crippen molar-refractivity contribution >= 4 is 51.3 Å². The highest BCUT2D eigenvalue weighted by atomic mass is 35.5. The first-order valence-electron chi connectivity index (χ1n) is 8.86. The number of anilines is 2. The van der Waals surface area contributed by atoms with Gasteiger partial charge in [-0.25, -0.2) is 9.37 Å². The lowest BCUT2D eigenvalue weighted by atomic mass is 10.1. The summed E-state index contributed by atoms with van der Waals surface area (Å²) >= 11 is 13.3. The SMILES string of the molecule is O=C(Nc1ccc(-c2csc(N3CCOCC3)n2)cc1)c1cc(F)c(Cl)cc1Cl. The third-order valence-electron chi connectivity index (χ3n) is 4.47. The number of aromatic nitrogens is 1. The van der Waals surface area contributed by atoms with E-state index in [0.29, 0.717) is 18.9 Å². The van der Waals surface area contributed by atoms with Crippen molar-refractivity contribution in [3.05, 3.63) is 63.2 Å². The van der Waals surface area contributed by atoms with Gasteiger partial charge in [-0.05, 0) is 24.3 Å². The lowest BCUT2D eigenvalue weighted by Gasteiger charge is -2.26. The standard InChI is InChI=1S/C20H16Cl2FN3O2S/c21-15-10-16(22)17(23)9-14(15)19(27)24-13-3-1-12(2-4-13)18-11-29-20(25-18)26-5-7-28-8-6-26/h1-4,9-11H,5-8H2,(H,24,27). The van der Waals surface area contributed by atoms with Gasteiger partial charge in [-0.15, -0.1) is 11.3 Å². The smallest absolute Gasteiger partial charge is 0.257 e. The van der Waals surface area contributed by atoms with Gasteiger partial charge in [0.05, 0.1) is 34.5 Å². The molecule has 1 saturated heterocycles. The number of thiazole rings is 1. The molecular weight excluding hydrogens is 436 g/mol. The summed E-state index contributed by atoms with van der Waals surface area (Å²) in [6.45, 7) is 3.10. The minimum atomic E-state index is -0.698. The number of nitrogens with one attached hydrogen (secondary N) is 1. The molecule has 0 saturated carbocycles. The number of amides is 1. The minimum absolute atomic E-state index is 0.0206. The largest absolute Gasteiger partial charge is 0.378 e. The van der Waals surface area contributed by atoms with E-state index in [9.17, 15) is 9.18 Å². The number of morpholine rings is 1. The number of halogens is 3. The molecule has 0 radical (unpaired) electrons. The molecule has 0 spiro atoms. The zero-order chi connectivity index (χ0) is 20.4. The fraction of sp³-hybridized carbons (Fsp3) is 0.200. The van der Waals surface area contributed by atoms with Crippen LogP contribution in [0.1, 0.15) is 10.4 Å². The topological polar surface area (TPSA) is 54.5 Å². The second kappa shape index (κ2) is 8.67. The molecule has 1 aliphatic heterocycles. The number of ether oxygens (including phenoxy) is 1. The fourth-order valence-corrected chi connectivity index (χ4v) is 4.27. The molecule has 1 fully saturated rings. The van der Waals surface area contributed by atoms with E-state index in [1.807, 2.05) is 17.5 Å². The Morgan fingerprint density at radius 1 is 1.14 bits per heavy atom. The number of hydrogen-bond acceptors (Lipinski definition) is 5. The summed E-state index contributed by atoms with van der Waals surface area (Å²) in [5.41, 5.74) is 2.40. The van der Waals surface area contributed by atoms with Gasteiger partial charge in [0, 0.05) is 29.7 Å². The third-order valence-corrected chi connectivity index (χ3v) is 5.97. The van der Waals surface area contributed by atoms with Crippen molar-refractivity contribution in [1.29, 1.82) is 0 Å². The maximum Gasteiger partial charge on any atom is 0.257 e. The van der Waals surface area contributed by atoms with Crippen LogP contribution in [0.5, 0.6) is 0 Å². The lowest BCUT2D eigenvalue weighted by Crippen LogP contribution is -2.36. The van der Waals surface area contributed by atoms with E-state index >= 15 is 0 Å². The fourth-order valence-electron chi connectivity index (χ4n) is 2.92. The van der Waals surface area contributed by atoms with Crippen LogP contribution in [0.25, 0.3) is 11.3 Å². The predicted octanol–water partition coefficient (Wildman–Crippen LogP) is 5.34. The van der Waals surface area contributed by atoms with Crippen molar-refractivity contribution in [1.82, 2.24) is 4.98 Å². The Balaban J connectivity index is 1.46. The van der Waals surface area contributed by atoms with Crippen molar-refractivity contribution < 1.29 is 13.9 Å². The van der Waals surface area contributed by atoms with Crippen molar-refractivity contribution in [2.45, 2.75) is 0 Å². The summed E-state index contributed by atoms with van der Waals surface area (Å²) < 4.78 is 19.0. The maximum atomic E-state index is 13.6. The van der Waals surface area contributed by atoms with Gasteiger partial charge in [0.25, 0.3) is 5.91 Å². The molecular formula is C20H16Cl2FN3O2S. The van der Waals surface area contributed by atoms with Crippen LogP contribution in [0.15, 0.2) is 41.8 Å². The van der Waals surface area contributed by atoms with E-state index < -0.39 is 11.7 Å². The molecule has 3 aromatic rings. The molecule has 29 heavy (non-hydrogen) atoms. The summed E-state index contributed by atoms with van der Waals surface area (Å²) in [4.78, 5) is 19.3. The Kier molecular flexibility index (Phi) is 6.01. The number of rotatable bonds is 4. The monoisotopic (exact) mass is 451 g/mol. The van der Waals surface area contributed by atoms with Gasteiger partial charge in [0.2, 0.25) is 0 Å². The van der Waals surface area contributed by atoms with E-state index in [1.165, 1.54) is 6.07 Å². The molecule has 2 heterocycles. The summed E-state index contributed by atoms with van der Waals surface area (Å²) in [6, 6.07) is 9.51. The summed E-state index contributed by atoms with van der Waals surface area (Å²) in [5, 5.41) is 5.65. The zero-order valence-corrected chi connectivity index (χ0v) is 17.5. The van der Waals surface area contributed by atoms with E-state index in [0.717, 1.165) is 35.5 Å². The van der Waals surface area contributed by atoms with Crippen LogP contribution in [0.2, 0.25) is 10.0 Å². The number of hydrogen-bond donors (Lipinski definition) is 1. The molecule has 0 unspecified atom stereocenters. The van der Waals surface area contributed by atoms with Crippen LogP contribution in [0.3, 0.4) is 0 Å². The van der Waals surface area contributed by atoms with Crippen LogP contribution >= 0.6 is 34.5 Å². The minimum Gasteiger partial charge on any atom is -0.378 e. The van der Waals surface area contributed by atoms with Gasteiger partial charge in [-0.3, -0.25) is 4.79 Å². The van der Waals surface area contributed by atoms with E-state index in [2.05, 4.69) is 10.2 Å². The highest BCUT2D eigenvalue weighted by Crippen LogP contribution is 2.29. The van der Waals surface area contributed by atoms with Crippen LogP contribution in [-0.4, -0.2) is 37.2 Å². The molecule has 2 aromatic carbocycles. The summed E-state index contributed by atoms with van der Waals surface area (Å²) in [7, 11) is 0. The quantitative estimate of drug-likeness (QED) is 0.543. The molecule has 1 aromatic heterocycles. The van der Waals surface area contributed by atoms with E-state index in [-0.39, 0.29) is 15.6 Å². The van der Waals surface area contributed by atoms with Gasteiger partial charge in [-0.2, -0.15) is 0 Å². The molecule has 0 aliphatic carbocycles. The van der Waals surface area contributed by atoms with Gasteiger partial charge in [0.1, 0.15) is 5.82 Å². The third kappa shape index (κ3) is 4.53. The molecule has 5 nitrogen and oxygen atoms in total. The highest BCUT2D eigenvalue weighted by Gasteiger charge is 2.16. The first-order valence-corrected chi connectivity index (χ1v) is 10.5. The first-order chi connectivity index (χ1) is 14.0. The van der Waals surface area contributed by atoms with Crippen molar-refractivity contribution in [3.8, 4) is 11.3 Å². The van der Waals surface area contributed by atoms with Gasteiger partial charge in [0.15, 0.2) is 5.13 Å². The maximum absolute atomic E-state index is 13.6. The van der Waals surface area contributed by atoms with Crippen molar-refractivity contribution in [2.75, 3.05) is 36.5 Å². The Morgan fingerprint density at radius 3 is 2.59 bits per heavy atom. The number of carbonyl (C=O) groups is 1. The number of benzene rings is 2. The summed E-state index contributed by atoms with van der Waals surface area (Å²) in [5.74, 6) is -1.21. The zero-order valence-electron chi connectivity index (χ0n) is 15.1. The number of nitrogens with zero attached hydrogens (tertiary/aromatic N) is 2. The average molecular weight is 452 g/mol. The first kappa shape index (κ1) is 20.1. The second-order valence-electron chi connectivity index (χ2n) is 6.39. The normalized spacial score (nSPS) is 14.1. The molecule has 9 heteroatoms. The number of carbonyl (C=O) groups excluding carboxylic acids is 1. The van der Waals surface area contributed by atoms with Crippen molar-refractivity contribution in [2.24, 2.45) is 0 Å². The second-order valence-corrected chi connectivity index (χ2v) is 8.04. The van der Waals surface area contributed by atoms with Gasteiger partial charge in [-0.1, -0.05) is 35.3 Å². The highest BCUT2D eigenvalue weighted by molar-refractivity contribution is 7.14. The van der Waals surface area contributed by atoms with Gasteiger partial charge < -0.3 is 15.0 Å². The Bertz CT molecular complexity index is 1040. The molecule has 1 N–H and O–H groups in total. The lowest BCUT2D eigenvalue weighted by molar-refractivity contribution is 0.102. The Hall–Kier alpha value is -2.19. The van der Waals surface area contributed by atoms with E-state index in [1.54, 1.807) is 23.5 Å². The average Bonchev–Trinajstić information content (AvgIpc) is 3.22. The van der Waals surface area contributed by atoms with E-state index in [4.69, 9.17) is 32.9 Å². The van der Waals surface area contributed by atoms with Crippen LogP contribution < -0.4 is 10.2 Å². The van der Waals surface area contributed by atoms with Crippen LogP contribution in [0.4, 0.5) is 15.2 Å². The Morgan fingerprint density at radius 2 is 1.86 bits per heavy atom. The molecule has 1 aliphatic rings. The summed E-state index contributed by atoms with van der Waals surface area (Å²) in [6.07, 6.45) is 0. The molecule has 4 rings (SSSR count). The molecule has 1 amide bonds. The Labute approximate surface area is 181 Å². The van der Waals surface area contributed by atoms with Crippen LogP contribution in [-0.2, 0) is 4.74 Å².